The summed E-state index contributed by atoms with van der Waals surface area (Å²) in [6, 6.07) is 0. The van der Waals surface area contributed by atoms with Gasteiger partial charge in [-0.1, -0.05) is 11.6 Å². The standard InChI is InChI=1S/C6H4BrClF2N2O2S/c7-3-4(8)2(5(9)10)1-12-6(3)15(11,13)14/h1,5H,(H2,11,13,14). The fourth-order valence-corrected chi connectivity index (χ4v) is 2.65. The molecule has 84 valence electrons. The topological polar surface area (TPSA) is 73.1 Å². The highest BCUT2D eigenvalue weighted by atomic mass is 79.9. The molecule has 0 saturated carbocycles. The van der Waals surface area contributed by atoms with Crippen molar-refractivity contribution in [2.24, 2.45) is 5.14 Å². The highest BCUT2D eigenvalue weighted by molar-refractivity contribution is 9.10. The fraction of sp³-hybridized carbons (Fsp3) is 0.167. The van der Waals surface area contributed by atoms with Crippen molar-refractivity contribution < 1.29 is 17.2 Å². The summed E-state index contributed by atoms with van der Waals surface area (Å²) in [6.07, 6.45) is -2.16. The quantitative estimate of drug-likeness (QED) is 0.906. The Bertz CT molecular complexity index is 494. The molecule has 0 radical (unpaired) electrons. The van der Waals surface area contributed by atoms with Gasteiger partial charge in [-0.2, -0.15) is 0 Å². The molecule has 1 rings (SSSR count). The first-order valence-electron chi connectivity index (χ1n) is 3.40. The number of alkyl halides is 2. The summed E-state index contributed by atoms with van der Waals surface area (Å²) in [5.74, 6) is 0. The number of nitrogens with two attached hydrogens (primary N) is 1. The van der Waals surface area contributed by atoms with Crippen molar-refractivity contribution in [1.29, 1.82) is 0 Å². The second-order valence-electron chi connectivity index (χ2n) is 2.49. The molecule has 0 bridgehead atoms. The van der Waals surface area contributed by atoms with Gasteiger partial charge < -0.3 is 0 Å². The van der Waals surface area contributed by atoms with Gasteiger partial charge in [-0.15, -0.1) is 0 Å². The molecule has 0 spiro atoms. The Labute approximate surface area is 97.6 Å². The second kappa shape index (κ2) is 4.28. The lowest BCUT2D eigenvalue weighted by Gasteiger charge is -2.07. The number of pyridine rings is 1. The number of hydrogen-bond donors (Lipinski definition) is 1. The number of nitrogens with zero attached hydrogens (tertiary/aromatic N) is 1. The van der Waals surface area contributed by atoms with Crippen LogP contribution >= 0.6 is 27.5 Å². The molecule has 0 atom stereocenters. The van der Waals surface area contributed by atoms with Crippen molar-refractivity contribution in [2.75, 3.05) is 0 Å². The first-order chi connectivity index (χ1) is 6.75. The van der Waals surface area contributed by atoms with Crippen LogP contribution in [0.15, 0.2) is 15.7 Å². The van der Waals surface area contributed by atoms with Crippen molar-refractivity contribution in [3.05, 3.63) is 21.3 Å². The third-order valence-electron chi connectivity index (χ3n) is 1.46. The Balaban J connectivity index is 3.48. The smallest absolute Gasteiger partial charge is 0.242 e. The molecule has 2 N–H and O–H groups in total. The number of primary sulfonamides is 1. The van der Waals surface area contributed by atoms with Gasteiger partial charge in [0.1, 0.15) is 0 Å². The van der Waals surface area contributed by atoms with Gasteiger partial charge in [-0.3, -0.25) is 0 Å². The molecule has 0 saturated heterocycles. The number of aromatic nitrogens is 1. The van der Waals surface area contributed by atoms with Crippen LogP contribution in [0.3, 0.4) is 0 Å². The Morgan fingerprint density at radius 2 is 2.07 bits per heavy atom. The third-order valence-corrected chi connectivity index (χ3v) is 3.98. The normalized spacial score (nSPS) is 12.1. The highest BCUT2D eigenvalue weighted by Crippen LogP contribution is 2.34. The van der Waals surface area contributed by atoms with Crippen molar-refractivity contribution in [3.63, 3.8) is 0 Å². The van der Waals surface area contributed by atoms with Crippen molar-refractivity contribution in [1.82, 2.24) is 4.98 Å². The van der Waals surface area contributed by atoms with Crippen molar-refractivity contribution in [3.8, 4) is 0 Å². The average molecular weight is 322 g/mol. The lowest BCUT2D eigenvalue weighted by atomic mass is 10.3. The molecule has 1 heterocycles. The Morgan fingerprint density at radius 3 is 2.47 bits per heavy atom. The fourth-order valence-electron chi connectivity index (χ4n) is 0.813. The molecule has 1 aromatic rings. The summed E-state index contributed by atoms with van der Waals surface area (Å²) in [5.41, 5.74) is -0.559. The molecule has 0 fully saturated rings. The van der Waals surface area contributed by atoms with Crippen LogP contribution in [0.25, 0.3) is 0 Å². The largest absolute Gasteiger partial charge is 0.266 e. The van der Waals surface area contributed by atoms with E-state index in [2.05, 4.69) is 20.9 Å². The van der Waals surface area contributed by atoms with Crippen LogP contribution in [-0.2, 0) is 10.0 Å². The van der Waals surface area contributed by atoms with E-state index < -0.39 is 32.1 Å². The predicted octanol–water partition coefficient (Wildman–Crippen LogP) is 2.08. The van der Waals surface area contributed by atoms with Crippen LogP contribution < -0.4 is 5.14 Å². The van der Waals surface area contributed by atoms with Gasteiger partial charge >= 0.3 is 0 Å². The number of halogens is 4. The average Bonchev–Trinajstić information content (AvgIpc) is 2.06. The maximum atomic E-state index is 12.3. The van der Waals surface area contributed by atoms with Gasteiger partial charge in [0, 0.05) is 6.20 Å². The van der Waals surface area contributed by atoms with E-state index in [1.165, 1.54) is 0 Å². The minimum Gasteiger partial charge on any atom is -0.242 e. The maximum absolute atomic E-state index is 12.3. The molecule has 9 heteroatoms. The minimum atomic E-state index is -4.09. The molecule has 4 nitrogen and oxygen atoms in total. The Hall–Kier alpha value is -0.310. The number of rotatable bonds is 2. The first-order valence-corrected chi connectivity index (χ1v) is 6.11. The summed E-state index contributed by atoms with van der Waals surface area (Å²) in [5, 5.41) is 3.80. The van der Waals surface area contributed by atoms with Crippen LogP contribution in [0, 0.1) is 0 Å². The summed E-state index contributed by atoms with van der Waals surface area (Å²) in [7, 11) is -4.09. The van der Waals surface area contributed by atoms with E-state index in [0.717, 1.165) is 0 Å². The van der Waals surface area contributed by atoms with Gasteiger partial charge in [0.2, 0.25) is 0 Å². The van der Waals surface area contributed by atoms with Crippen molar-refractivity contribution in [2.45, 2.75) is 11.5 Å². The van der Waals surface area contributed by atoms with Gasteiger partial charge in [0.25, 0.3) is 16.4 Å². The van der Waals surface area contributed by atoms with Crippen LogP contribution in [0.2, 0.25) is 5.02 Å². The van der Waals surface area contributed by atoms with Crippen LogP contribution in [-0.4, -0.2) is 13.4 Å². The van der Waals surface area contributed by atoms with Gasteiger partial charge in [-0.05, 0) is 15.9 Å². The third kappa shape index (κ3) is 2.63. The van der Waals surface area contributed by atoms with E-state index in [0.29, 0.717) is 6.20 Å². The summed E-state index contributed by atoms with van der Waals surface area (Å²) in [4.78, 5) is 3.31. The van der Waals surface area contributed by atoms with E-state index in [-0.39, 0.29) is 4.47 Å². The van der Waals surface area contributed by atoms with Crippen LogP contribution in [0.1, 0.15) is 12.0 Å². The van der Waals surface area contributed by atoms with Crippen molar-refractivity contribution >= 4 is 37.6 Å². The molecule has 15 heavy (non-hydrogen) atoms. The molecule has 0 aliphatic rings. The number of sulfonamides is 1. The first kappa shape index (κ1) is 12.8. The zero-order valence-electron chi connectivity index (χ0n) is 6.92. The van der Waals surface area contributed by atoms with Gasteiger partial charge in [0.15, 0.2) is 5.03 Å². The summed E-state index contributed by atoms with van der Waals surface area (Å²) in [6.45, 7) is 0. The summed E-state index contributed by atoms with van der Waals surface area (Å²) < 4.78 is 46.2. The summed E-state index contributed by atoms with van der Waals surface area (Å²) >= 11 is 8.26. The second-order valence-corrected chi connectivity index (χ2v) is 5.14. The van der Waals surface area contributed by atoms with E-state index in [1.54, 1.807) is 0 Å². The zero-order valence-corrected chi connectivity index (χ0v) is 10.1. The van der Waals surface area contributed by atoms with E-state index in [1.807, 2.05) is 0 Å². The number of hydrogen-bond acceptors (Lipinski definition) is 3. The molecular weight excluding hydrogens is 317 g/mol. The molecule has 0 aliphatic heterocycles. The van der Waals surface area contributed by atoms with Crippen LogP contribution in [0.4, 0.5) is 8.78 Å². The predicted molar refractivity (Wildman–Crippen MR) is 53.3 cm³/mol. The molecule has 0 aliphatic carbocycles. The van der Waals surface area contributed by atoms with Gasteiger partial charge in [-0.25, -0.2) is 27.3 Å². The highest BCUT2D eigenvalue weighted by Gasteiger charge is 2.22. The molecule has 1 aromatic heterocycles. The van der Waals surface area contributed by atoms with Gasteiger partial charge in [0.05, 0.1) is 15.1 Å². The van der Waals surface area contributed by atoms with E-state index in [4.69, 9.17) is 16.7 Å². The molecule has 0 amide bonds. The molecular formula is C6H4BrClF2N2O2S. The van der Waals surface area contributed by atoms with Crippen LogP contribution in [0.5, 0.6) is 0 Å². The lowest BCUT2D eigenvalue weighted by molar-refractivity contribution is 0.151. The van der Waals surface area contributed by atoms with E-state index in [9.17, 15) is 17.2 Å². The minimum absolute atomic E-state index is 0.260. The Morgan fingerprint density at radius 1 is 1.53 bits per heavy atom. The molecule has 0 aromatic carbocycles. The maximum Gasteiger partial charge on any atom is 0.266 e. The SMILES string of the molecule is NS(=O)(=O)c1ncc(C(F)F)c(Cl)c1Br. The molecule has 0 unspecified atom stereocenters. The zero-order chi connectivity index (χ0) is 11.8. The van der Waals surface area contributed by atoms with E-state index >= 15 is 0 Å². The lowest BCUT2D eigenvalue weighted by Crippen LogP contribution is -2.15. The monoisotopic (exact) mass is 320 g/mol. The Kier molecular flexibility index (Phi) is 3.64.